The first-order chi connectivity index (χ1) is 12.2. The summed E-state index contributed by atoms with van der Waals surface area (Å²) < 4.78 is 50.0. The van der Waals surface area contributed by atoms with Crippen molar-refractivity contribution in [2.45, 2.75) is 25.9 Å². The molecule has 1 aromatic carbocycles. The molecule has 144 valence electrons. The van der Waals surface area contributed by atoms with Gasteiger partial charge in [-0.3, -0.25) is 9.59 Å². The second-order valence-corrected chi connectivity index (χ2v) is 6.06. The van der Waals surface area contributed by atoms with E-state index in [9.17, 15) is 22.8 Å². The molecule has 1 amide bonds. The molecule has 0 saturated carbocycles. The standard InChI is InChI=1S/C17H20F3NO5/c1-2-9-25-12-3-5-13(6-4-12)26-10-14(22)21-8-7-16(11-21,15(23)24)17(18,19)20/h3-6H,2,7-11H2,1H3,(H,23,24). The number of carbonyl (C=O) groups excluding carboxylic acids is 1. The predicted molar refractivity (Wildman–Crippen MR) is 85.0 cm³/mol. The Morgan fingerprint density at radius 3 is 2.23 bits per heavy atom. The fourth-order valence-corrected chi connectivity index (χ4v) is 2.64. The average Bonchev–Trinajstić information content (AvgIpc) is 3.05. The maximum Gasteiger partial charge on any atom is 0.406 e. The van der Waals surface area contributed by atoms with Gasteiger partial charge in [0.25, 0.3) is 5.91 Å². The number of ether oxygens (including phenoxy) is 2. The summed E-state index contributed by atoms with van der Waals surface area (Å²) in [4.78, 5) is 24.1. The highest BCUT2D eigenvalue weighted by Crippen LogP contribution is 2.45. The number of carbonyl (C=O) groups is 2. The van der Waals surface area contributed by atoms with Crippen LogP contribution >= 0.6 is 0 Å². The molecule has 6 nitrogen and oxygen atoms in total. The summed E-state index contributed by atoms with van der Waals surface area (Å²) in [5, 5.41) is 8.99. The number of rotatable bonds is 7. The summed E-state index contributed by atoms with van der Waals surface area (Å²) >= 11 is 0. The summed E-state index contributed by atoms with van der Waals surface area (Å²) in [6.07, 6.45) is -4.73. The minimum atomic E-state index is -4.93. The van der Waals surface area contributed by atoms with Crippen LogP contribution in [0.15, 0.2) is 24.3 Å². The fourth-order valence-electron chi connectivity index (χ4n) is 2.64. The number of halogens is 3. The lowest BCUT2D eigenvalue weighted by atomic mass is 9.86. The van der Waals surface area contributed by atoms with E-state index in [1.807, 2.05) is 6.92 Å². The van der Waals surface area contributed by atoms with E-state index in [1.54, 1.807) is 24.3 Å². The van der Waals surface area contributed by atoms with Crippen LogP contribution < -0.4 is 9.47 Å². The van der Waals surface area contributed by atoms with Gasteiger partial charge in [-0.2, -0.15) is 13.2 Å². The average molecular weight is 375 g/mol. The van der Waals surface area contributed by atoms with Crippen LogP contribution in [0.3, 0.4) is 0 Å². The van der Waals surface area contributed by atoms with Gasteiger partial charge in [0, 0.05) is 13.1 Å². The molecule has 1 aliphatic heterocycles. The lowest BCUT2D eigenvalue weighted by Gasteiger charge is -2.27. The van der Waals surface area contributed by atoms with Gasteiger partial charge in [-0.15, -0.1) is 0 Å². The SMILES string of the molecule is CCCOc1ccc(OCC(=O)N2CCC(C(=O)O)(C(F)(F)F)C2)cc1. The molecule has 9 heteroatoms. The summed E-state index contributed by atoms with van der Waals surface area (Å²) in [6, 6.07) is 6.48. The zero-order valence-corrected chi connectivity index (χ0v) is 14.2. The van der Waals surface area contributed by atoms with E-state index in [0.717, 1.165) is 11.3 Å². The molecule has 1 N–H and O–H groups in total. The Kier molecular flexibility index (Phi) is 5.99. The maximum atomic E-state index is 13.1. The molecule has 1 atom stereocenters. The Bertz CT molecular complexity index is 647. The van der Waals surface area contributed by atoms with Gasteiger partial charge < -0.3 is 19.5 Å². The Morgan fingerprint density at radius 1 is 1.19 bits per heavy atom. The normalized spacial score (nSPS) is 20.1. The fraction of sp³-hybridized carbons (Fsp3) is 0.529. The zero-order valence-electron chi connectivity index (χ0n) is 14.2. The second kappa shape index (κ2) is 7.84. The van der Waals surface area contributed by atoms with Crippen LogP contribution in [0.25, 0.3) is 0 Å². The van der Waals surface area contributed by atoms with Crippen molar-refractivity contribution in [1.82, 2.24) is 4.90 Å². The molecule has 1 aromatic rings. The molecule has 1 fully saturated rings. The Morgan fingerprint density at radius 2 is 1.77 bits per heavy atom. The highest BCUT2D eigenvalue weighted by molar-refractivity contribution is 5.82. The minimum Gasteiger partial charge on any atom is -0.494 e. The molecule has 0 bridgehead atoms. The highest BCUT2D eigenvalue weighted by atomic mass is 19.4. The largest absolute Gasteiger partial charge is 0.494 e. The van der Waals surface area contributed by atoms with E-state index in [-0.39, 0.29) is 6.54 Å². The molecule has 0 spiro atoms. The number of likely N-dealkylation sites (tertiary alicyclic amines) is 1. The number of carboxylic acid groups (broad SMARTS) is 1. The quantitative estimate of drug-likeness (QED) is 0.793. The first-order valence-corrected chi connectivity index (χ1v) is 8.13. The van der Waals surface area contributed by atoms with Crippen molar-refractivity contribution in [3.8, 4) is 11.5 Å². The predicted octanol–water partition coefficient (Wildman–Crippen LogP) is 2.72. The van der Waals surface area contributed by atoms with E-state index in [0.29, 0.717) is 18.1 Å². The van der Waals surface area contributed by atoms with Gasteiger partial charge >= 0.3 is 12.1 Å². The highest BCUT2D eigenvalue weighted by Gasteiger charge is 2.64. The van der Waals surface area contributed by atoms with E-state index < -0.39 is 43.0 Å². The van der Waals surface area contributed by atoms with Crippen LogP contribution in [0.4, 0.5) is 13.2 Å². The lowest BCUT2D eigenvalue weighted by Crippen LogP contribution is -2.48. The van der Waals surface area contributed by atoms with Crippen molar-refractivity contribution in [3.05, 3.63) is 24.3 Å². The summed E-state index contributed by atoms with van der Waals surface area (Å²) in [5.41, 5.74) is -2.92. The topological polar surface area (TPSA) is 76.1 Å². The lowest BCUT2D eigenvalue weighted by molar-refractivity contribution is -0.227. The summed E-state index contributed by atoms with van der Waals surface area (Å²) in [6.45, 7) is 0.885. The van der Waals surface area contributed by atoms with Crippen molar-refractivity contribution in [2.24, 2.45) is 5.41 Å². The van der Waals surface area contributed by atoms with Gasteiger partial charge in [0.15, 0.2) is 12.0 Å². The van der Waals surface area contributed by atoms with E-state index >= 15 is 0 Å². The van der Waals surface area contributed by atoms with Crippen LogP contribution in [0.5, 0.6) is 11.5 Å². The Hall–Kier alpha value is -2.45. The molecule has 1 heterocycles. The van der Waals surface area contributed by atoms with Crippen molar-refractivity contribution in [3.63, 3.8) is 0 Å². The summed E-state index contributed by atoms with van der Waals surface area (Å²) in [7, 11) is 0. The third kappa shape index (κ3) is 4.20. The van der Waals surface area contributed by atoms with Gasteiger partial charge in [0.2, 0.25) is 0 Å². The number of hydrogen-bond donors (Lipinski definition) is 1. The van der Waals surface area contributed by atoms with Crippen LogP contribution in [-0.2, 0) is 9.59 Å². The number of carboxylic acids is 1. The van der Waals surface area contributed by atoms with Gasteiger partial charge in [0.1, 0.15) is 11.5 Å². The molecule has 0 aromatic heterocycles. The molecule has 1 saturated heterocycles. The third-order valence-electron chi connectivity index (χ3n) is 4.23. The van der Waals surface area contributed by atoms with E-state index in [4.69, 9.17) is 14.6 Å². The Labute approximate surface area is 148 Å². The summed E-state index contributed by atoms with van der Waals surface area (Å²) in [5.74, 6) is -1.66. The molecule has 0 aliphatic carbocycles. The van der Waals surface area contributed by atoms with E-state index in [1.165, 1.54) is 0 Å². The molecular formula is C17H20F3NO5. The first-order valence-electron chi connectivity index (χ1n) is 8.13. The van der Waals surface area contributed by atoms with Crippen molar-refractivity contribution >= 4 is 11.9 Å². The van der Waals surface area contributed by atoms with Crippen molar-refractivity contribution < 1.29 is 37.3 Å². The molecule has 26 heavy (non-hydrogen) atoms. The van der Waals surface area contributed by atoms with Crippen molar-refractivity contribution in [2.75, 3.05) is 26.3 Å². The molecule has 0 radical (unpaired) electrons. The number of amides is 1. The molecule has 1 unspecified atom stereocenters. The van der Waals surface area contributed by atoms with E-state index in [2.05, 4.69) is 0 Å². The number of benzene rings is 1. The molecule has 1 aliphatic rings. The third-order valence-corrected chi connectivity index (χ3v) is 4.23. The monoisotopic (exact) mass is 375 g/mol. The maximum absolute atomic E-state index is 13.1. The van der Waals surface area contributed by atoms with Gasteiger partial charge in [-0.05, 0) is 37.1 Å². The number of aliphatic carboxylic acids is 1. The Balaban J connectivity index is 1.92. The second-order valence-electron chi connectivity index (χ2n) is 6.06. The van der Waals surface area contributed by atoms with Gasteiger partial charge in [-0.25, -0.2) is 0 Å². The van der Waals surface area contributed by atoms with Crippen LogP contribution in [0.2, 0.25) is 0 Å². The number of nitrogens with zero attached hydrogens (tertiary/aromatic N) is 1. The zero-order chi connectivity index (χ0) is 19.4. The number of alkyl halides is 3. The molecule has 2 rings (SSSR count). The van der Waals surface area contributed by atoms with Gasteiger partial charge in [-0.1, -0.05) is 6.92 Å². The number of hydrogen-bond acceptors (Lipinski definition) is 4. The molecular weight excluding hydrogens is 355 g/mol. The van der Waals surface area contributed by atoms with Gasteiger partial charge in [0.05, 0.1) is 6.61 Å². The first kappa shape index (κ1) is 19.9. The minimum absolute atomic E-state index is 0.280. The van der Waals surface area contributed by atoms with Crippen molar-refractivity contribution in [1.29, 1.82) is 0 Å². The van der Waals surface area contributed by atoms with Crippen LogP contribution in [0, 0.1) is 5.41 Å². The van der Waals surface area contributed by atoms with Crippen LogP contribution in [-0.4, -0.2) is 54.4 Å². The smallest absolute Gasteiger partial charge is 0.406 e. The van der Waals surface area contributed by atoms with Crippen LogP contribution in [0.1, 0.15) is 19.8 Å².